The van der Waals surface area contributed by atoms with Crippen LogP contribution in [0.3, 0.4) is 0 Å². The Morgan fingerprint density at radius 1 is 0.865 bits per heavy atom. The average Bonchev–Trinajstić information content (AvgIpc) is 3.72. The highest BCUT2D eigenvalue weighted by atomic mass is 32.2. The summed E-state index contributed by atoms with van der Waals surface area (Å²) in [7, 11) is -3.89. The normalized spacial score (nSPS) is 17.6. The van der Waals surface area contributed by atoms with Gasteiger partial charge in [0.2, 0.25) is 5.90 Å². The number of hydrogen-bond donors (Lipinski definition) is 2. The number of rotatable bonds is 13. The van der Waals surface area contributed by atoms with E-state index >= 15 is 4.79 Å². The van der Waals surface area contributed by atoms with Crippen LogP contribution in [0.25, 0.3) is 21.6 Å². The van der Waals surface area contributed by atoms with Crippen LogP contribution >= 0.6 is 0 Å². The first-order chi connectivity index (χ1) is 25.3. The van der Waals surface area contributed by atoms with Crippen molar-refractivity contribution in [2.45, 2.75) is 35.4 Å². The van der Waals surface area contributed by atoms with Gasteiger partial charge in [-0.15, -0.1) is 0 Å². The van der Waals surface area contributed by atoms with Crippen LogP contribution in [0.5, 0.6) is 5.75 Å². The van der Waals surface area contributed by atoms with Crippen LogP contribution in [0.15, 0.2) is 142 Å². The fourth-order valence-corrected chi connectivity index (χ4v) is 8.19. The lowest BCUT2D eigenvalue weighted by atomic mass is 9.84. The largest absolute Gasteiger partial charge is 0.494 e. The standard InChI is InChI=1S/C40H35N5O6S/c41-45-44-35-18-9-8-17-34(35)37-40(23-26-52(48,49)29-11-2-1-3-12-29,43-38(51-37)27-19-21-28(22-20-27)50-25-10-24-46)39(47)42-36-32-15-6-4-13-30(32)31-14-5-7-16-33(31)36/h1-9,11-22,36-37,46H,10,23-26H2,(H,42,47)/t37-,40-/m1/s1. The molecule has 52 heavy (non-hydrogen) atoms. The van der Waals surface area contributed by atoms with Gasteiger partial charge in [0, 0.05) is 41.2 Å². The molecule has 0 fully saturated rings. The smallest absolute Gasteiger partial charge is 0.253 e. The highest BCUT2D eigenvalue weighted by molar-refractivity contribution is 7.91. The fraction of sp³-hybridized carbons (Fsp3) is 0.200. The number of benzene rings is 5. The SMILES string of the molecule is [N-]=[N+]=Nc1ccccc1[C@H]1OC(c2ccc(OCCCO)cc2)=N[C@@]1(CCS(=O)(=O)c1ccccc1)C(=O)NC1c2ccccc2-c2ccccc21. The molecule has 0 saturated heterocycles. The number of carbonyl (C=O) groups excluding carboxylic acids is 1. The molecule has 2 aliphatic rings. The Morgan fingerprint density at radius 3 is 2.13 bits per heavy atom. The molecule has 0 radical (unpaired) electrons. The van der Waals surface area contributed by atoms with Gasteiger partial charge in [-0.3, -0.25) is 4.79 Å². The zero-order valence-electron chi connectivity index (χ0n) is 28.0. The van der Waals surface area contributed by atoms with Crippen molar-refractivity contribution in [1.29, 1.82) is 0 Å². The number of hydrogen-bond acceptors (Lipinski definition) is 8. The maximum Gasteiger partial charge on any atom is 0.253 e. The Morgan fingerprint density at radius 2 is 1.48 bits per heavy atom. The minimum atomic E-state index is -3.89. The minimum Gasteiger partial charge on any atom is -0.494 e. The lowest BCUT2D eigenvalue weighted by Gasteiger charge is -2.32. The Hall–Kier alpha value is -5.94. The highest BCUT2D eigenvalue weighted by Crippen LogP contribution is 2.48. The van der Waals surface area contributed by atoms with Crippen LogP contribution in [0.2, 0.25) is 0 Å². The van der Waals surface area contributed by atoms with Gasteiger partial charge >= 0.3 is 0 Å². The van der Waals surface area contributed by atoms with E-state index in [1.807, 2.05) is 48.5 Å². The molecule has 1 heterocycles. The first-order valence-electron chi connectivity index (χ1n) is 16.9. The second-order valence-corrected chi connectivity index (χ2v) is 14.6. The molecule has 262 valence electrons. The number of aliphatic hydroxyl groups excluding tert-OH is 1. The molecule has 0 spiro atoms. The summed E-state index contributed by atoms with van der Waals surface area (Å²) in [6.07, 6.45) is -0.959. The van der Waals surface area contributed by atoms with E-state index in [1.54, 1.807) is 66.7 Å². The van der Waals surface area contributed by atoms with Crippen molar-refractivity contribution in [3.63, 3.8) is 0 Å². The molecule has 1 aliphatic carbocycles. The Labute approximate surface area is 301 Å². The lowest BCUT2D eigenvalue weighted by Crippen LogP contribution is -2.50. The number of carbonyl (C=O) groups is 1. The number of amides is 1. The lowest BCUT2D eigenvalue weighted by molar-refractivity contribution is -0.129. The van der Waals surface area contributed by atoms with Crippen LogP contribution < -0.4 is 10.1 Å². The molecule has 0 unspecified atom stereocenters. The molecule has 11 nitrogen and oxygen atoms in total. The average molecular weight is 714 g/mol. The molecular weight excluding hydrogens is 679 g/mol. The molecule has 0 bridgehead atoms. The van der Waals surface area contributed by atoms with Crippen LogP contribution in [-0.4, -0.2) is 49.8 Å². The van der Waals surface area contributed by atoms with E-state index in [-0.39, 0.29) is 29.5 Å². The zero-order chi connectivity index (χ0) is 36.1. The van der Waals surface area contributed by atoms with E-state index in [4.69, 9.17) is 19.6 Å². The van der Waals surface area contributed by atoms with Crippen molar-refractivity contribution in [1.82, 2.24) is 5.32 Å². The van der Waals surface area contributed by atoms with Crippen molar-refractivity contribution < 1.29 is 27.8 Å². The van der Waals surface area contributed by atoms with Crippen molar-refractivity contribution in [3.8, 4) is 16.9 Å². The molecule has 2 atom stereocenters. The van der Waals surface area contributed by atoms with Gasteiger partial charge in [0.1, 0.15) is 5.75 Å². The molecule has 5 aromatic rings. The van der Waals surface area contributed by atoms with Crippen LogP contribution in [0.1, 0.15) is 47.2 Å². The molecule has 12 heteroatoms. The maximum absolute atomic E-state index is 15.2. The van der Waals surface area contributed by atoms with Crippen molar-refractivity contribution >= 4 is 27.3 Å². The number of sulfone groups is 1. The quantitative estimate of drug-likeness (QED) is 0.0559. The summed E-state index contributed by atoms with van der Waals surface area (Å²) in [5, 5.41) is 16.3. The van der Waals surface area contributed by atoms with Crippen LogP contribution in [-0.2, 0) is 19.4 Å². The molecule has 7 rings (SSSR count). The zero-order valence-corrected chi connectivity index (χ0v) is 28.8. The van der Waals surface area contributed by atoms with Gasteiger partial charge in [-0.2, -0.15) is 0 Å². The molecule has 0 aromatic heterocycles. The van der Waals surface area contributed by atoms with Crippen molar-refractivity contribution in [2.75, 3.05) is 19.0 Å². The second-order valence-electron chi connectivity index (χ2n) is 12.5. The topological polar surface area (TPSA) is 163 Å². The third-order valence-electron chi connectivity index (χ3n) is 9.37. The predicted octanol–water partition coefficient (Wildman–Crippen LogP) is 7.40. The summed E-state index contributed by atoms with van der Waals surface area (Å²) in [5.41, 5.74) is 12.5. The molecule has 5 aromatic carbocycles. The number of aliphatic imine (C=N–C) groups is 1. The van der Waals surface area contributed by atoms with E-state index in [1.165, 1.54) is 12.1 Å². The fourth-order valence-electron chi connectivity index (χ4n) is 6.80. The van der Waals surface area contributed by atoms with Gasteiger partial charge in [-0.05, 0) is 64.2 Å². The maximum atomic E-state index is 15.2. The number of nitrogens with one attached hydrogen (secondary N) is 1. The Balaban J connectivity index is 1.36. The van der Waals surface area contributed by atoms with Crippen molar-refractivity contribution in [3.05, 3.63) is 160 Å². The predicted molar refractivity (Wildman–Crippen MR) is 197 cm³/mol. The first-order valence-corrected chi connectivity index (χ1v) is 18.5. The number of ether oxygens (including phenoxy) is 2. The van der Waals surface area contributed by atoms with Gasteiger partial charge in [0.15, 0.2) is 21.5 Å². The second kappa shape index (κ2) is 14.7. The van der Waals surface area contributed by atoms with Crippen LogP contribution in [0, 0.1) is 0 Å². The van der Waals surface area contributed by atoms with Crippen molar-refractivity contribution in [2.24, 2.45) is 10.1 Å². The monoisotopic (exact) mass is 713 g/mol. The van der Waals surface area contributed by atoms with E-state index in [0.717, 1.165) is 22.3 Å². The number of azide groups is 1. The van der Waals surface area contributed by atoms with Crippen LogP contribution in [0.4, 0.5) is 5.69 Å². The van der Waals surface area contributed by atoms with Gasteiger partial charge in [0.25, 0.3) is 5.91 Å². The summed E-state index contributed by atoms with van der Waals surface area (Å²) >= 11 is 0. The Kier molecular flexibility index (Phi) is 9.78. The van der Waals surface area contributed by atoms with E-state index < -0.39 is 39.2 Å². The molecule has 1 amide bonds. The van der Waals surface area contributed by atoms with E-state index in [9.17, 15) is 13.9 Å². The molecule has 2 N–H and O–H groups in total. The van der Waals surface area contributed by atoms with E-state index in [2.05, 4.69) is 15.3 Å². The number of fused-ring (bicyclic) bond motifs is 3. The Bertz CT molecular complexity index is 2250. The molecular formula is C40H35N5O6S. The van der Waals surface area contributed by atoms with Gasteiger partial charge in [-0.1, -0.05) is 96.1 Å². The summed E-state index contributed by atoms with van der Waals surface area (Å²) in [4.78, 5) is 23.3. The summed E-state index contributed by atoms with van der Waals surface area (Å²) < 4.78 is 40.0. The highest BCUT2D eigenvalue weighted by Gasteiger charge is 2.55. The summed E-state index contributed by atoms with van der Waals surface area (Å²) in [5.74, 6) is -0.299. The van der Waals surface area contributed by atoms with Gasteiger partial charge in [-0.25, -0.2) is 13.4 Å². The first kappa shape index (κ1) is 34.5. The summed E-state index contributed by atoms with van der Waals surface area (Å²) in [6, 6.07) is 36.9. The number of nitrogens with zero attached hydrogens (tertiary/aromatic N) is 4. The van der Waals surface area contributed by atoms with Gasteiger partial charge < -0.3 is 19.9 Å². The summed E-state index contributed by atoms with van der Waals surface area (Å²) in [6.45, 7) is 0.335. The number of aliphatic hydroxyl groups is 1. The molecule has 0 saturated carbocycles. The third-order valence-corrected chi connectivity index (χ3v) is 11.1. The van der Waals surface area contributed by atoms with E-state index in [0.29, 0.717) is 29.9 Å². The molecule has 1 aliphatic heterocycles. The minimum absolute atomic E-state index is 0.00358. The third kappa shape index (κ3) is 6.62. The van der Waals surface area contributed by atoms with Gasteiger partial charge in [0.05, 0.1) is 23.3 Å².